The summed E-state index contributed by atoms with van der Waals surface area (Å²) in [5, 5.41) is 8.78. The van der Waals surface area contributed by atoms with Gasteiger partial charge in [-0.15, -0.1) is 0 Å². The van der Waals surface area contributed by atoms with Gasteiger partial charge in [0.1, 0.15) is 0 Å². The van der Waals surface area contributed by atoms with E-state index in [1.807, 2.05) is 24.4 Å². The maximum absolute atomic E-state index is 11.6. The SMILES string of the molecule is O=C(NO)c1ccc(/C2=N/C3=C(C=Cc4cnccc42)CCC=C3)cc1. The summed E-state index contributed by atoms with van der Waals surface area (Å²) < 4.78 is 0. The third-order valence-electron chi connectivity index (χ3n) is 4.51. The van der Waals surface area contributed by atoms with Crippen molar-refractivity contribution in [1.29, 1.82) is 0 Å². The highest BCUT2D eigenvalue weighted by molar-refractivity contribution is 6.15. The van der Waals surface area contributed by atoms with Crippen LogP contribution in [0.4, 0.5) is 0 Å². The van der Waals surface area contributed by atoms with Crippen LogP contribution in [0.3, 0.4) is 0 Å². The van der Waals surface area contributed by atoms with E-state index in [0.29, 0.717) is 5.56 Å². The number of hydrogen-bond donors (Lipinski definition) is 2. The van der Waals surface area contributed by atoms with Crippen LogP contribution in [0, 0.1) is 0 Å². The van der Waals surface area contributed by atoms with Crippen LogP contribution in [-0.2, 0) is 0 Å². The number of nitrogens with zero attached hydrogens (tertiary/aromatic N) is 2. The number of hydroxylamine groups is 1. The van der Waals surface area contributed by atoms with E-state index in [9.17, 15) is 4.79 Å². The Kier molecular flexibility index (Phi) is 4.29. The first-order valence-electron chi connectivity index (χ1n) is 8.42. The first-order chi connectivity index (χ1) is 12.8. The fourth-order valence-electron chi connectivity index (χ4n) is 3.14. The summed E-state index contributed by atoms with van der Waals surface area (Å²) in [4.78, 5) is 20.7. The molecule has 4 rings (SSSR count). The summed E-state index contributed by atoms with van der Waals surface area (Å²) in [6.07, 6.45) is 14.0. The van der Waals surface area contributed by atoms with E-state index in [1.54, 1.807) is 23.8 Å². The van der Waals surface area contributed by atoms with Gasteiger partial charge in [0, 0.05) is 34.6 Å². The lowest BCUT2D eigenvalue weighted by Crippen LogP contribution is -2.18. The normalized spacial score (nSPS) is 17.5. The molecule has 0 saturated heterocycles. The number of carbonyl (C=O) groups is 1. The van der Waals surface area contributed by atoms with Gasteiger partial charge in [0.05, 0.1) is 11.4 Å². The third kappa shape index (κ3) is 3.00. The Morgan fingerprint density at radius 1 is 1.08 bits per heavy atom. The highest BCUT2D eigenvalue weighted by Gasteiger charge is 2.16. The minimum absolute atomic E-state index is 0.384. The van der Waals surface area contributed by atoms with E-state index in [4.69, 9.17) is 10.2 Å². The zero-order chi connectivity index (χ0) is 17.9. The second kappa shape index (κ2) is 6.90. The molecule has 0 spiro atoms. The van der Waals surface area contributed by atoms with Crippen LogP contribution in [0.5, 0.6) is 0 Å². The minimum atomic E-state index is -0.538. The zero-order valence-electron chi connectivity index (χ0n) is 14.0. The number of nitrogens with one attached hydrogen (secondary N) is 1. The number of rotatable bonds is 2. The number of benzene rings is 1. The number of carbonyl (C=O) groups excluding carboxylic acids is 1. The van der Waals surface area contributed by atoms with Crippen LogP contribution in [0.15, 0.2) is 77.2 Å². The standard InChI is InChI=1S/C21H17N3O2/c25-21(24-26)16-8-6-15(7-9-16)20-18-11-12-22-13-17(18)10-5-14-3-1-2-4-19(14)23-20/h2,4-13,26H,1,3H2,(H,24,25)/b10-5?,14-5?,17-10?,20-18?,23-19?,23-20-. The molecule has 26 heavy (non-hydrogen) atoms. The number of hydrogen-bond acceptors (Lipinski definition) is 4. The van der Waals surface area contributed by atoms with Crippen LogP contribution >= 0.6 is 0 Å². The van der Waals surface area contributed by atoms with Gasteiger partial charge in [-0.25, -0.2) is 10.5 Å². The van der Waals surface area contributed by atoms with Gasteiger partial charge in [0.15, 0.2) is 0 Å². The summed E-state index contributed by atoms with van der Waals surface area (Å²) in [5.41, 5.74) is 7.92. The Labute approximate surface area is 151 Å². The molecule has 0 atom stereocenters. The van der Waals surface area contributed by atoms with Gasteiger partial charge in [0.2, 0.25) is 0 Å². The molecule has 0 unspecified atom stereocenters. The molecule has 0 bridgehead atoms. The van der Waals surface area contributed by atoms with Crippen molar-refractivity contribution in [3.05, 3.63) is 94.5 Å². The zero-order valence-corrected chi connectivity index (χ0v) is 14.0. The molecular weight excluding hydrogens is 326 g/mol. The maximum atomic E-state index is 11.6. The second-order valence-electron chi connectivity index (χ2n) is 6.13. The molecule has 1 aromatic carbocycles. The quantitative estimate of drug-likeness (QED) is 0.645. The Balaban J connectivity index is 1.86. The number of aromatic nitrogens is 1. The summed E-state index contributed by atoms with van der Waals surface area (Å²) in [7, 11) is 0. The number of allylic oxidation sites excluding steroid dienone is 4. The van der Waals surface area contributed by atoms with Crippen molar-refractivity contribution >= 4 is 17.7 Å². The first-order valence-corrected chi connectivity index (χ1v) is 8.42. The fourth-order valence-corrected chi connectivity index (χ4v) is 3.14. The van der Waals surface area contributed by atoms with Crippen LogP contribution in [-0.4, -0.2) is 21.8 Å². The lowest BCUT2D eigenvalue weighted by Gasteiger charge is -2.17. The summed E-state index contributed by atoms with van der Waals surface area (Å²) >= 11 is 0. The van der Waals surface area contributed by atoms with E-state index < -0.39 is 5.91 Å². The van der Waals surface area contributed by atoms with Crippen LogP contribution < -0.4 is 5.48 Å². The molecule has 5 heteroatoms. The van der Waals surface area contributed by atoms with E-state index in [1.165, 1.54) is 5.57 Å². The number of aliphatic imine (C=N–C) groups is 1. The molecule has 2 heterocycles. The molecule has 1 aromatic heterocycles. The van der Waals surface area contributed by atoms with Crippen molar-refractivity contribution in [3.63, 3.8) is 0 Å². The van der Waals surface area contributed by atoms with Gasteiger partial charge in [-0.3, -0.25) is 15.0 Å². The molecule has 0 saturated carbocycles. The predicted octanol–water partition coefficient (Wildman–Crippen LogP) is 3.67. The molecule has 1 aliphatic carbocycles. The lowest BCUT2D eigenvalue weighted by atomic mass is 9.94. The van der Waals surface area contributed by atoms with E-state index in [2.05, 4.69) is 29.3 Å². The Morgan fingerprint density at radius 3 is 2.73 bits per heavy atom. The average molecular weight is 343 g/mol. The molecule has 1 amide bonds. The van der Waals surface area contributed by atoms with E-state index in [-0.39, 0.29) is 0 Å². The monoisotopic (exact) mass is 343 g/mol. The molecule has 5 nitrogen and oxygen atoms in total. The second-order valence-corrected chi connectivity index (χ2v) is 6.13. The highest BCUT2D eigenvalue weighted by Crippen LogP contribution is 2.27. The minimum Gasteiger partial charge on any atom is -0.288 e. The van der Waals surface area contributed by atoms with Crippen molar-refractivity contribution in [1.82, 2.24) is 10.5 Å². The number of fused-ring (bicyclic) bond motifs is 1. The van der Waals surface area contributed by atoms with Crippen molar-refractivity contribution in [2.24, 2.45) is 4.99 Å². The van der Waals surface area contributed by atoms with Crippen LogP contribution in [0.25, 0.3) is 6.08 Å². The summed E-state index contributed by atoms with van der Waals surface area (Å²) in [6.45, 7) is 0. The number of pyridine rings is 1. The van der Waals surface area contributed by atoms with Crippen LogP contribution in [0.1, 0.15) is 39.9 Å². The summed E-state index contributed by atoms with van der Waals surface area (Å²) in [6, 6.07) is 8.97. The molecule has 128 valence electrons. The molecule has 0 radical (unpaired) electrons. The lowest BCUT2D eigenvalue weighted by molar-refractivity contribution is 0.0706. The van der Waals surface area contributed by atoms with Gasteiger partial charge in [0.25, 0.3) is 5.91 Å². The fraction of sp³-hybridized carbons (Fsp3) is 0.0952. The molecule has 1 aliphatic heterocycles. The summed E-state index contributed by atoms with van der Waals surface area (Å²) in [5.74, 6) is -0.538. The van der Waals surface area contributed by atoms with Gasteiger partial charge < -0.3 is 0 Å². The topological polar surface area (TPSA) is 74.6 Å². The van der Waals surface area contributed by atoms with Gasteiger partial charge in [-0.1, -0.05) is 30.4 Å². The molecule has 2 N–H and O–H groups in total. The van der Waals surface area contributed by atoms with Crippen molar-refractivity contribution in [2.45, 2.75) is 12.8 Å². The Bertz CT molecular complexity index is 983. The smallest absolute Gasteiger partial charge is 0.274 e. The number of amides is 1. The first kappa shape index (κ1) is 16.2. The molecule has 2 aliphatic rings. The van der Waals surface area contributed by atoms with Gasteiger partial charge in [-0.2, -0.15) is 0 Å². The van der Waals surface area contributed by atoms with Crippen molar-refractivity contribution in [3.8, 4) is 0 Å². The Hall–Kier alpha value is -3.31. The Morgan fingerprint density at radius 2 is 1.92 bits per heavy atom. The molecular formula is C21H17N3O2. The molecule has 0 fully saturated rings. The van der Waals surface area contributed by atoms with E-state index >= 15 is 0 Å². The largest absolute Gasteiger partial charge is 0.288 e. The molecule has 2 aromatic rings. The third-order valence-corrected chi connectivity index (χ3v) is 4.51. The van der Waals surface area contributed by atoms with Crippen molar-refractivity contribution < 1.29 is 10.0 Å². The highest BCUT2D eigenvalue weighted by atomic mass is 16.5. The van der Waals surface area contributed by atoms with Gasteiger partial charge >= 0.3 is 0 Å². The van der Waals surface area contributed by atoms with Crippen LogP contribution in [0.2, 0.25) is 0 Å². The predicted molar refractivity (Wildman–Crippen MR) is 100 cm³/mol. The maximum Gasteiger partial charge on any atom is 0.274 e. The average Bonchev–Trinajstić information content (AvgIpc) is 2.69. The van der Waals surface area contributed by atoms with E-state index in [0.717, 1.165) is 40.9 Å². The van der Waals surface area contributed by atoms with Gasteiger partial charge in [-0.05, 0) is 42.7 Å². The van der Waals surface area contributed by atoms with Crippen molar-refractivity contribution in [2.75, 3.05) is 0 Å².